The van der Waals surface area contributed by atoms with E-state index < -0.39 is 0 Å². The van der Waals surface area contributed by atoms with Gasteiger partial charge < -0.3 is 10.1 Å². The number of nitrogens with zero attached hydrogens (tertiary/aromatic N) is 2. The van der Waals surface area contributed by atoms with E-state index in [9.17, 15) is 0 Å². The van der Waals surface area contributed by atoms with Crippen LogP contribution >= 0.6 is 11.3 Å². The highest BCUT2D eigenvalue weighted by molar-refractivity contribution is 7.09. The molecule has 0 amide bonds. The fourth-order valence-corrected chi connectivity index (χ4v) is 2.86. The van der Waals surface area contributed by atoms with Gasteiger partial charge in [0.25, 0.3) is 0 Å². The predicted molar refractivity (Wildman–Crippen MR) is 89.8 cm³/mol. The first kappa shape index (κ1) is 14.7. The number of hydrogen-bond acceptors (Lipinski definition) is 5. The maximum atomic E-state index is 5.07. The highest BCUT2D eigenvalue weighted by Gasteiger charge is 2.03. The topological polar surface area (TPSA) is 47.0 Å². The van der Waals surface area contributed by atoms with Crippen LogP contribution in [0.2, 0.25) is 0 Å². The Hall–Kier alpha value is -2.24. The second-order valence-corrected chi connectivity index (χ2v) is 5.76. The Kier molecular flexibility index (Phi) is 4.78. The van der Waals surface area contributed by atoms with Crippen LogP contribution in [0.3, 0.4) is 0 Å². The Balaban J connectivity index is 1.61. The molecule has 0 aliphatic rings. The van der Waals surface area contributed by atoms with Crippen molar-refractivity contribution in [1.29, 1.82) is 0 Å². The van der Waals surface area contributed by atoms with Gasteiger partial charge in [0.1, 0.15) is 10.8 Å². The van der Waals surface area contributed by atoms with E-state index >= 15 is 0 Å². The summed E-state index contributed by atoms with van der Waals surface area (Å²) in [6.45, 7) is 1.23. The first-order chi connectivity index (χ1) is 10.8. The molecule has 1 aromatic carbocycles. The third-order valence-corrected chi connectivity index (χ3v) is 4.06. The number of thiazole rings is 1. The quantitative estimate of drug-likeness (QED) is 0.748. The van der Waals surface area contributed by atoms with Gasteiger partial charge in [-0.1, -0.05) is 30.3 Å². The summed E-state index contributed by atoms with van der Waals surface area (Å²) in [7, 11) is 1.68. The van der Waals surface area contributed by atoms with Crippen LogP contribution in [0.15, 0.2) is 54.0 Å². The molecule has 5 heteroatoms. The van der Waals surface area contributed by atoms with Crippen LogP contribution in [0.5, 0.6) is 0 Å². The van der Waals surface area contributed by atoms with E-state index in [0.717, 1.165) is 22.1 Å². The third kappa shape index (κ3) is 3.69. The summed E-state index contributed by atoms with van der Waals surface area (Å²) in [5.41, 5.74) is 3.29. The molecular weight excluding hydrogens is 294 g/mol. The van der Waals surface area contributed by atoms with E-state index in [1.54, 1.807) is 18.4 Å². The molecular formula is C17H17N3OS. The van der Waals surface area contributed by atoms with Gasteiger partial charge in [-0.15, -0.1) is 11.3 Å². The van der Waals surface area contributed by atoms with E-state index in [-0.39, 0.29) is 0 Å². The molecule has 3 aromatic rings. The average Bonchev–Trinajstić information content (AvgIpc) is 3.02. The largest absolute Gasteiger partial charge is 0.378 e. The lowest BCUT2D eigenvalue weighted by molar-refractivity contribution is 0.184. The van der Waals surface area contributed by atoms with Gasteiger partial charge in [0.2, 0.25) is 0 Å². The summed E-state index contributed by atoms with van der Waals surface area (Å²) in [5.74, 6) is 0.848. The van der Waals surface area contributed by atoms with Crippen LogP contribution in [0, 0.1) is 0 Å². The smallest absolute Gasteiger partial charge is 0.126 e. The number of benzene rings is 1. The van der Waals surface area contributed by atoms with Gasteiger partial charge >= 0.3 is 0 Å². The Bertz CT molecular complexity index is 710. The lowest BCUT2D eigenvalue weighted by atomic mass is 10.1. The van der Waals surface area contributed by atoms with Gasteiger partial charge in [-0.25, -0.2) is 9.97 Å². The summed E-state index contributed by atoms with van der Waals surface area (Å²) in [6.07, 6.45) is 1.88. The number of ether oxygens (including phenoxy) is 1. The number of nitrogens with one attached hydrogen (secondary N) is 1. The normalized spacial score (nSPS) is 10.6. The second-order valence-electron chi connectivity index (χ2n) is 4.82. The minimum absolute atomic E-state index is 0.564. The van der Waals surface area contributed by atoms with E-state index in [2.05, 4.69) is 33.5 Å². The molecule has 4 nitrogen and oxygen atoms in total. The summed E-state index contributed by atoms with van der Waals surface area (Å²) in [6, 6.07) is 14.3. The molecule has 112 valence electrons. The molecule has 0 fully saturated rings. The number of anilines is 1. The van der Waals surface area contributed by atoms with Crippen molar-refractivity contribution in [3.8, 4) is 11.1 Å². The van der Waals surface area contributed by atoms with E-state index in [1.165, 1.54) is 5.56 Å². The van der Waals surface area contributed by atoms with Crippen molar-refractivity contribution < 1.29 is 4.74 Å². The van der Waals surface area contributed by atoms with Crippen LogP contribution in [0.1, 0.15) is 10.7 Å². The zero-order valence-corrected chi connectivity index (χ0v) is 13.1. The van der Waals surface area contributed by atoms with Crippen LogP contribution < -0.4 is 5.32 Å². The van der Waals surface area contributed by atoms with Crippen molar-refractivity contribution in [2.75, 3.05) is 12.4 Å². The minimum atomic E-state index is 0.564. The number of pyridine rings is 1. The molecule has 0 aliphatic heterocycles. The fraction of sp³-hybridized carbons (Fsp3) is 0.176. The molecule has 3 rings (SSSR count). The molecule has 2 heterocycles. The van der Waals surface area contributed by atoms with Crippen LogP contribution in [-0.4, -0.2) is 17.1 Å². The average molecular weight is 311 g/mol. The molecule has 0 radical (unpaired) electrons. The Morgan fingerprint density at radius 2 is 1.95 bits per heavy atom. The van der Waals surface area contributed by atoms with Crippen molar-refractivity contribution in [2.24, 2.45) is 0 Å². The van der Waals surface area contributed by atoms with Crippen LogP contribution in [-0.2, 0) is 17.9 Å². The molecule has 1 N–H and O–H groups in total. The summed E-state index contributed by atoms with van der Waals surface area (Å²) in [5, 5.41) is 6.32. The number of rotatable bonds is 6. The molecule has 0 saturated heterocycles. The van der Waals surface area contributed by atoms with Crippen LogP contribution in [0.4, 0.5) is 5.82 Å². The van der Waals surface area contributed by atoms with Gasteiger partial charge in [-0.05, 0) is 17.7 Å². The van der Waals surface area contributed by atoms with Crippen molar-refractivity contribution in [3.05, 3.63) is 64.7 Å². The minimum Gasteiger partial charge on any atom is -0.378 e. The number of aromatic nitrogens is 2. The van der Waals surface area contributed by atoms with Gasteiger partial charge in [-0.3, -0.25) is 0 Å². The Morgan fingerprint density at radius 3 is 2.68 bits per heavy atom. The molecule has 0 spiro atoms. The Morgan fingerprint density at radius 1 is 1.09 bits per heavy atom. The molecule has 0 atom stereocenters. The summed E-state index contributed by atoms with van der Waals surface area (Å²) in [4.78, 5) is 8.94. The van der Waals surface area contributed by atoms with Crippen molar-refractivity contribution in [3.63, 3.8) is 0 Å². The van der Waals surface area contributed by atoms with E-state index in [4.69, 9.17) is 4.74 Å². The van der Waals surface area contributed by atoms with Gasteiger partial charge in [0.05, 0.1) is 18.8 Å². The molecule has 2 aromatic heterocycles. The highest BCUT2D eigenvalue weighted by Crippen LogP contribution is 2.19. The molecule has 0 aliphatic carbocycles. The van der Waals surface area contributed by atoms with Gasteiger partial charge in [0.15, 0.2) is 0 Å². The van der Waals surface area contributed by atoms with E-state index in [0.29, 0.717) is 13.2 Å². The zero-order valence-electron chi connectivity index (χ0n) is 12.3. The SMILES string of the molecule is COCc1nc(CNc2ccc(-c3ccccc3)cn2)cs1. The lowest BCUT2D eigenvalue weighted by Gasteiger charge is -2.05. The van der Waals surface area contributed by atoms with Gasteiger partial charge in [-0.2, -0.15) is 0 Å². The number of hydrogen-bond donors (Lipinski definition) is 1. The van der Waals surface area contributed by atoms with Crippen molar-refractivity contribution in [1.82, 2.24) is 9.97 Å². The highest BCUT2D eigenvalue weighted by atomic mass is 32.1. The predicted octanol–water partition coefficient (Wildman–Crippen LogP) is 3.96. The maximum absolute atomic E-state index is 5.07. The maximum Gasteiger partial charge on any atom is 0.126 e. The molecule has 22 heavy (non-hydrogen) atoms. The van der Waals surface area contributed by atoms with Crippen molar-refractivity contribution in [2.45, 2.75) is 13.2 Å². The third-order valence-electron chi connectivity index (χ3n) is 3.19. The molecule has 0 saturated carbocycles. The zero-order chi connectivity index (χ0) is 15.2. The fourth-order valence-electron chi connectivity index (χ4n) is 2.10. The lowest BCUT2D eigenvalue weighted by Crippen LogP contribution is -2.01. The monoisotopic (exact) mass is 311 g/mol. The molecule has 0 unspecified atom stereocenters. The first-order valence-corrected chi connectivity index (χ1v) is 7.90. The number of methoxy groups -OCH3 is 1. The summed E-state index contributed by atoms with van der Waals surface area (Å²) >= 11 is 1.61. The molecule has 0 bridgehead atoms. The van der Waals surface area contributed by atoms with Gasteiger partial charge in [0, 0.05) is 24.3 Å². The Labute approximate surface area is 133 Å². The van der Waals surface area contributed by atoms with Crippen molar-refractivity contribution >= 4 is 17.2 Å². The van der Waals surface area contributed by atoms with E-state index in [1.807, 2.05) is 35.8 Å². The standard InChI is InChI=1S/C17H17N3OS/c1-21-11-17-20-15(12-22-17)10-19-16-8-7-14(9-18-16)13-5-3-2-4-6-13/h2-9,12H,10-11H2,1H3,(H,18,19). The van der Waals surface area contributed by atoms with Crippen LogP contribution in [0.25, 0.3) is 11.1 Å². The first-order valence-electron chi connectivity index (χ1n) is 7.03. The summed E-state index contributed by atoms with van der Waals surface area (Å²) < 4.78 is 5.07. The second kappa shape index (κ2) is 7.15.